The van der Waals surface area contributed by atoms with Crippen molar-refractivity contribution in [1.82, 2.24) is 10.6 Å². The van der Waals surface area contributed by atoms with Crippen LogP contribution in [-0.2, 0) is 17.8 Å². The zero-order valence-corrected chi connectivity index (χ0v) is 17.2. The molecule has 0 saturated carbocycles. The number of guanidine groups is 1. The van der Waals surface area contributed by atoms with Crippen LogP contribution in [0.2, 0.25) is 0 Å². The van der Waals surface area contributed by atoms with E-state index in [1.807, 2.05) is 44.2 Å². The maximum atomic E-state index is 11.8. The average molecular weight is 381 g/mol. The number of amides is 1. The van der Waals surface area contributed by atoms with Crippen molar-refractivity contribution in [3.63, 3.8) is 0 Å². The van der Waals surface area contributed by atoms with Crippen molar-refractivity contribution in [2.24, 2.45) is 10.9 Å². The molecule has 0 atom stereocenters. The lowest BCUT2D eigenvalue weighted by Gasteiger charge is -2.12. The van der Waals surface area contributed by atoms with Gasteiger partial charge in [0.25, 0.3) is 0 Å². The zero-order chi connectivity index (χ0) is 20.2. The van der Waals surface area contributed by atoms with Crippen LogP contribution in [0.3, 0.4) is 0 Å². The Morgan fingerprint density at radius 2 is 1.68 bits per heavy atom. The molecule has 2 rings (SSSR count). The fraction of sp³-hybridized carbons (Fsp3) is 0.391. The van der Waals surface area contributed by atoms with Crippen LogP contribution in [0.1, 0.15) is 38.3 Å². The molecule has 0 fully saturated rings. The minimum absolute atomic E-state index is 0.0277. The summed E-state index contributed by atoms with van der Waals surface area (Å²) in [6, 6.07) is 18.4. The highest BCUT2D eigenvalue weighted by atomic mass is 16.1. The summed E-state index contributed by atoms with van der Waals surface area (Å²) in [7, 11) is 0. The molecule has 5 heteroatoms. The fourth-order valence-corrected chi connectivity index (χ4v) is 2.64. The van der Waals surface area contributed by atoms with Gasteiger partial charge in [0.1, 0.15) is 0 Å². The third-order valence-electron chi connectivity index (χ3n) is 4.29. The van der Waals surface area contributed by atoms with Crippen LogP contribution in [0.15, 0.2) is 59.6 Å². The van der Waals surface area contributed by atoms with Crippen molar-refractivity contribution < 1.29 is 4.79 Å². The van der Waals surface area contributed by atoms with Crippen molar-refractivity contribution in [3.05, 3.63) is 65.7 Å². The number of aryl methyl sites for hydroxylation is 1. The Balaban J connectivity index is 1.81. The maximum absolute atomic E-state index is 11.8. The van der Waals surface area contributed by atoms with Crippen LogP contribution >= 0.6 is 0 Å². The number of carbonyl (C=O) groups excluding carboxylic acids is 1. The Morgan fingerprint density at radius 3 is 2.32 bits per heavy atom. The summed E-state index contributed by atoms with van der Waals surface area (Å²) in [6.45, 7) is 8.12. The predicted octanol–water partition coefficient (Wildman–Crippen LogP) is 3.97. The molecule has 0 bridgehead atoms. The second-order valence-corrected chi connectivity index (χ2v) is 7.05. The van der Waals surface area contributed by atoms with Gasteiger partial charge >= 0.3 is 0 Å². The average Bonchev–Trinajstić information content (AvgIpc) is 2.71. The van der Waals surface area contributed by atoms with Crippen molar-refractivity contribution in [2.45, 2.75) is 40.2 Å². The van der Waals surface area contributed by atoms with Gasteiger partial charge in [0.2, 0.25) is 5.91 Å². The van der Waals surface area contributed by atoms with Crippen LogP contribution in [0.25, 0.3) is 0 Å². The molecule has 0 radical (unpaired) electrons. The Hall–Kier alpha value is -2.82. The molecule has 5 nitrogen and oxygen atoms in total. The minimum Gasteiger partial charge on any atom is -0.357 e. The van der Waals surface area contributed by atoms with Crippen LogP contribution in [0.5, 0.6) is 0 Å². The van der Waals surface area contributed by atoms with Gasteiger partial charge in [0.05, 0.1) is 6.54 Å². The van der Waals surface area contributed by atoms with E-state index >= 15 is 0 Å². The van der Waals surface area contributed by atoms with Gasteiger partial charge in [-0.25, -0.2) is 4.99 Å². The summed E-state index contributed by atoms with van der Waals surface area (Å²) in [5.41, 5.74) is 3.28. The first-order valence-electron chi connectivity index (χ1n) is 10.0. The van der Waals surface area contributed by atoms with Crippen LogP contribution in [0.4, 0.5) is 5.69 Å². The summed E-state index contributed by atoms with van der Waals surface area (Å²) in [5.74, 6) is 0.826. The molecule has 0 aromatic heterocycles. The Morgan fingerprint density at radius 1 is 0.964 bits per heavy atom. The van der Waals surface area contributed by atoms with E-state index in [-0.39, 0.29) is 11.8 Å². The minimum atomic E-state index is -0.0279. The van der Waals surface area contributed by atoms with E-state index in [4.69, 9.17) is 0 Å². The number of nitrogens with zero attached hydrogens (tertiary/aromatic N) is 1. The summed E-state index contributed by atoms with van der Waals surface area (Å²) >= 11 is 0. The molecule has 3 N–H and O–H groups in total. The molecule has 0 spiro atoms. The highest BCUT2D eigenvalue weighted by Gasteiger charge is 2.06. The third-order valence-corrected chi connectivity index (χ3v) is 4.29. The molecule has 0 unspecified atom stereocenters. The highest BCUT2D eigenvalue weighted by Crippen LogP contribution is 2.11. The number of carbonyl (C=O) groups is 1. The van der Waals surface area contributed by atoms with E-state index in [9.17, 15) is 4.79 Å². The van der Waals surface area contributed by atoms with Crippen molar-refractivity contribution in [1.29, 1.82) is 0 Å². The van der Waals surface area contributed by atoms with Crippen LogP contribution < -0.4 is 16.0 Å². The predicted molar refractivity (Wildman–Crippen MR) is 117 cm³/mol. The van der Waals surface area contributed by atoms with Gasteiger partial charge < -0.3 is 16.0 Å². The number of benzene rings is 2. The molecule has 0 aliphatic heterocycles. The standard InChI is InChI=1S/C23H32N4O/c1-4-24-23(25-16-8-11-19-9-6-5-7-10-19)26-17-20-12-14-21(15-13-20)27-22(28)18(2)3/h5-7,9-10,12-15,18H,4,8,11,16-17H2,1-3H3,(H,27,28)(H2,24,25,26). The van der Waals surface area contributed by atoms with Gasteiger partial charge in [-0.15, -0.1) is 0 Å². The molecule has 2 aromatic carbocycles. The van der Waals surface area contributed by atoms with Gasteiger partial charge in [0, 0.05) is 24.7 Å². The van der Waals surface area contributed by atoms with Crippen molar-refractivity contribution in [3.8, 4) is 0 Å². The molecule has 0 saturated heterocycles. The quantitative estimate of drug-likeness (QED) is 0.350. The monoisotopic (exact) mass is 380 g/mol. The first-order valence-corrected chi connectivity index (χ1v) is 10.0. The number of anilines is 1. The molecule has 28 heavy (non-hydrogen) atoms. The SMILES string of the molecule is CCNC(=NCc1ccc(NC(=O)C(C)C)cc1)NCCCc1ccccc1. The lowest BCUT2D eigenvalue weighted by molar-refractivity contribution is -0.118. The molecule has 0 heterocycles. The number of nitrogens with one attached hydrogen (secondary N) is 3. The first-order chi connectivity index (χ1) is 13.6. The normalized spacial score (nSPS) is 11.4. The number of rotatable bonds is 9. The second-order valence-electron chi connectivity index (χ2n) is 7.05. The largest absolute Gasteiger partial charge is 0.357 e. The van der Waals surface area contributed by atoms with E-state index in [2.05, 4.69) is 52.1 Å². The van der Waals surface area contributed by atoms with Gasteiger partial charge in [-0.1, -0.05) is 56.3 Å². The van der Waals surface area contributed by atoms with Gasteiger partial charge in [-0.2, -0.15) is 0 Å². The molecule has 0 aliphatic carbocycles. The summed E-state index contributed by atoms with van der Waals surface area (Å²) in [5, 5.41) is 9.58. The summed E-state index contributed by atoms with van der Waals surface area (Å²) in [6.07, 6.45) is 2.11. The first kappa shape index (κ1) is 21.5. The fourth-order valence-electron chi connectivity index (χ4n) is 2.64. The number of aliphatic imine (C=N–C) groups is 1. The lowest BCUT2D eigenvalue weighted by atomic mass is 10.1. The van der Waals surface area contributed by atoms with Crippen LogP contribution in [-0.4, -0.2) is 25.0 Å². The van der Waals surface area contributed by atoms with Gasteiger partial charge in [0.15, 0.2) is 5.96 Å². The molecule has 2 aromatic rings. The molecular formula is C23H32N4O. The lowest BCUT2D eigenvalue weighted by Crippen LogP contribution is -2.37. The van der Waals surface area contributed by atoms with E-state index in [1.165, 1.54) is 5.56 Å². The zero-order valence-electron chi connectivity index (χ0n) is 17.2. The summed E-state index contributed by atoms with van der Waals surface area (Å²) < 4.78 is 0. The van der Waals surface area contributed by atoms with Gasteiger partial charge in [-0.05, 0) is 43.0 Å². The topological polar surface area (TPSA) is 65.5 Å². The number of hydrogen-bond acceptors (Lipinski definition) is 2. The van der Waals surface area contributed by atoms with E-state index in [1.54, 1.807) is 0 Å². The van der Waals surface area contributed by atoms with E-state index in [0.29, 0.717) is 6.54 Å². The van der Waals surface area contributed by atoms with Crippen molar-refractivity contribution >= 4 is 17.6 Å². The molecule has 1 amide bonds. The smallest absolute Gasteiger partial charge is 0.226 e. The Kier molecular flexibility index (Phi) is 9.05. The maximum Gasteiger partial charge on any atom is 0.226 e. The van der Waals surface area contributed by atoms with Gasteiger partial charge in [-0.3, -0.25) is 4.79 Å². The number of hydrogen-bond donors (Lipinski definition) is 3. The van der Waals surface area contributed by atoms with Crippen molar-refractivity contribution in [2.75, 3.05) is 18.4 Å². The molecule has 0 aliphatic rings. The Bertz CT molecular complexity index is 739. The Labute approximate surface area is 168 Å². The molecule has 150 valence electrons. The highest BCUT2D eigenvalue weighted by molar-refractivity contribution is 5.92. The molecular weight excluding hydrogens is 348 g/mol. The van der Waals surface area contributed by atoms with E-state index < -0.39 is 0 Å². The second kappa shape index (κ2) is 11.8. The summed E-state index contributed by atoms with van der Waals surface area (Å²) in [4.78, 5) is 16.4. The third kappa shape index (κ3) is 7.82. The van der Waals surface area contributed by atoms with Crippen LogP contribution in [0, 0.1) is 5.92 Å². The van der Waals surface area contributed by atoms with E-state index in [0.717, 1.165) is 43.1 Å².